The van der Waals surface area contributed by atoms with Gasteiger partial charge in [0, 0.05) is 6.42 Å². The summed E-state index contributed by atoms with van der Waals surface area (Å²) in [7, 11) is 0. The molecule has 2 rings (SSSR count). The second kappa shape index (κ2) is 3.92. The Labute approximate surface area is 91.3 Å². The van der Waals surface area contributed by atoms with E-state index in [4.69, 9.17) is 5.11 Å². The second-order valence-electron chi connectivity index (χ2n) is 3.61. The third-order valence-corrected chi connectivity index (χ3v) is 2.61. The van der Waals surface area contributed by atoms with Crippen LogP contribution >= 0.6 is 0 Å². The zero-order chi connectivity index (χ0) is 11.7. The highest BCUT2D eigenvalue weighted by Crippen LogP contribution is 2.28. The minimum atomic E-state index is -1.10. The summed E-state index contributed by atoms with van der Waals surface area (Å²) < 4.78 is 13.5. The topological polar surface area (TPSA) is 57.6 Å². The Balaban J connectivity index is 2.41. The van der Waals surface area contributed by atoms with Gasteiger partial charge < -0.3 is 5.11 Å². The van der Waals surface area contributed by atoms with E-state index in [9.17, 15) is 14.0 Å². The largest absolute Gasteiger partial charge is 0.480 e. The first-order chi connectivity index (χ1) is 7.61. The van der Waals surface area contributed by atoms with E-state index in [0.29, 0.717) is 0 Å². The van der Waals surface area contributed by atoms with Crippen LogP contribution < -0.4 is 4.90 Å². The third-order valence-electron chi connectivity index (χ3n) is 2.61. The normalized spacial score (nSPS) is 20.2. The number of aliphatic carboxylic acids is 1. The predicted molar refractivity (Wildman–Crippen MR) is 54.5 cm³/mol. The second-order valence-corrected chi connectivity index (χ2v) is 3.61. The standard InChI is InChI=1S/C11H10FNO3/c12-7-3-1-2-4-8(7)13-9(11(15)16)5-6-10(13)14/h1-4,9H,5-6H2,(H,15,16)/t9-/m1/s1. The number of hydrogen-bond donors (Lipinski definition) is 1. The maximum atomic E-state index is 13.5. The molecule has 1 saturated heterocycles. The first-order valence-electron chi connectivity index (χ1n) is 4.90. The fourth-order valence-electron chi connectivity index (χ4n) is 1.87. The fourth-order valence-corrected chi connectivity index (χ4v) is 1.87. The molecule has 1 aliphatic rings. The van der Waals surface area contributed by atoms with Crippen molar-refractivity contribution in [3.63, 3.8) is 0 Å². The lowest BCUT2D eigenvalue weighted by Gasteiger charge is -2.21. The van der Waals surface area contributed by atoms with E-state index in [1.165, 1.54) is 18.2 Å². The van der Waals surface area contributed by atoms with Gasteiger partial charge in [-0.2, -0.15) is 0 Å². The smallest absolute Gasteiger partial charge is 0.326 e. The van der Waals surface area contributed by atoms with Crippen molar-refractivity contribution in [2.45, 2.75) is 18.9 Å². The number of carbonyl (C=O) groups excluding carboxylic acids is 1. The third kappa shape index (κ3) is 1.64. The molecule has 1 aliphatic heterocycles. The van der Waals surface area contributed by atoms with Gasteiger partial charge in [0.1, 0.15) is 11.9 Å². The average molecular weight is 223 g/mol. The van der Waals surface area contributed by atoms with E-state index >= 15 is 0 Å². The van der Waals surface area contributed by atoms with E-state index in [2.05, 4.69) is 0 Å². The van der Waals surface area contributed by atoms with Crippen molar-refractivity contribution in [1.82, 2.24) is 0 Å². The van der Waals surface area contributed by atoms with Crippen molar-refractivity contribution in [1.29, 1.82) is 0 Å². The highest BCUT2D eigenvalue weighted by Gasteiger charge is 2.38. The zero-order valence-electron chi connectivity index (χ0n) is 8.39. The Bertz CT molecular complexity index is 447. The lowest BCUT2D eigenvalue weighted by Crippen LogP contribution is -2.39. The van der Waals surface area contributed by atoms with Crippen molar-refractivity contribution >= 4 is 17.6 Å². The molecule has 0 saturated carbocycles. The van der Waals surface area contributed by atoms with E-state index in [0.717, 1.165) is 4.90 Å². The number of benzene rings is 1. The van der Waals surface area contributed by atoms with E-state index < -0.39 is 17.8 Å². The zero-order valence-corrected chi connectivity index (χ0v) is 8.39. The van der Waals surface area contributed by atoms with Crippen LogP contribution in [0.4, 0.5) is 10.1 Å². The summed E-state index contributed by atoms with van der Waals surface area (Å²) in [4.78, 5) is 23.5. The number of amides is 1. The molecule has 1 heterocycles. The predicted octanol–water partition coefficient (Wildman–Crippen LogP) is 1.41. The molecule has 0 spiro atoms. The minimum absolute atomic E-state index is 0.0393. The Morgan fingerprint density at radius 1 is 1.44 bits per heavy atom. The minimum Gasteiger partial charge on any atom is -0.480 e. The molecular formula is C11H10FNO3. The first-order valence-corrected chi connectivity index (χ1v) is 4.90. The van der Waals surface area contributed by atoms with Gasteiger partial charge in [0.25, 0.3) is 0 Å². The number of rotatable bonds is 2. The Hall–Kier alpha value is -1.91. The van der Waals surface area contributed by atoms with Crippen molar-refractivity contribution in [2.24, 2.45) is 0 Å². The SMILES string of the molecule is O=C(O)[C@H]1CCC(=O)N1c1ccccc1F. The van der Waals surface area contributed by atoms with Crippen molar-refractivity contribution < 1.29 is 19.1 Å². The molecule has 1 atom stereocenters. The molecule has 1 amide bonds. The summed E-state index contributed by atoms with van der Waals surface area (Å²) >= 11 is 0. The Kier molecular flexibility index (Phi) is 2.60. The van der Waals surface area contributed by atoms with Crippen molar-refractivity contribution in [3.05, 3.63) is 30.1 Å². The monoisotopic (exact) mass is 223 g/mol. The number of anilines is 1. The highest BCUT2D eigenvalue weighted by molar-refractivity contribution is 6.02. The van der Waals surface area contributed by atoms with Gasteiger partial charge in [-0.05, 0) is 18.6 Å². The summed E-state index contributed by atoms with van der Waals surface area (Å²) in [6.45, 7) is 0. The maximum absolute atomic E-state index is 13.5. The Morgan fingerprint density at radius 2 is 2.12 bits per heavy atom. The van der Waals surface area contributed by atoms with Gasteiger partial charge in [0.2, 0.25) is 5.91 Å². The molecule has 0 bridgehead atoms. The molecule has 4 nitrogen and oxygen atoms in total. The van der Waals surface area contributed by atoms with Gasteiger partial charge in [-0.3, -0.25) is 9.69 Å². The maximum Gasteiger partial charge on any atom is 0.326 e. The summed E-state index contributed by atoms with van der Waals surface area (Å²) in [5, 5.41) is 8.94. The molecule has 16 heavy (non-hydrogen) atoms. The molecule has 0 unspecified atom stereocenters. The summed E-state index contributed by atoms with van der Waals surface area (Å²) in [5.41, 5.74) is 0.0393. The highest BCUT2D eigenvalue weighted by atomic mass is 19.1. The lowest BCUT2D eigenvalue weighted by atomic mass is 10.2. The number of para-hydroxylation sites is 1. The quantitative estimate of drug-likeness (QED) is 0.824. The van der Waals surface area contributed by atoms with E-state index in [-0.39, 0.29) is 24.4 Å². The van der Waals surface area contributed by atoms with E-state index in [1.807, 2.05) is 0 Å². The van der Waals surface area contributed by atoms with Crippen LogP contribution in [0.25, 0.3) is 0 Å². The van der Waals surface area contributed by atoms with Crippen LogP contribution in [0, 0.1) is 5.82 Å². The average Bonchev–Trinajstić information content (AvgIpc) is 2.61. The number of carbonyl (C=O) groups is 2. The van der Waals surface area contributed by atoms with Crippen molar-refractivity contribution in [2.75, 3.05) is 4.90 Å². The first kappa shape index (κ1) is 10.6. The van der Waals surface area contributed by atoms with Crippen LogP contribution in [-0.4, -0.2) is 23.0 Å². The molecule has 1 fully saturated rings. The summed E-state index contributed by atoms with van der Waals surface area (Å²) in [6.07, 6.45) is 0.369. The van der Waals surface area contributed by atoms with Crippen LogP contribution in [0.2, 0.25) is 0 Å². The Morgan fingerprint density at radius 3 is 2.75 bits per heavy atom. The molecule has 0 aliphatic carbocycles. The summed E-state index contributed by atoms with van der Waals surface area (Å²) in [5.74, 6) is -2.03. The number of carboxylic acid groups (broad SMARTS) is 1. The van der Waals surface area contributed by atoms with Gasteiger partial charge in [-0.25, -0.2) is 9.18 Å². The van der Waals surface area contributed by atoms with Gasteiger partial charge in [-0.1, -0.05) is 12.1 Å². The number of nitrogens with zero attached hydrogens (tertiary/aromatic N) is 1. The number of hydrogen-bond acceptors (Lipinski definition) is 2. The number of halogens is 1. The van der Waals surface area contributed by atoms with Crippen LogP contribution in [0.3, 0.4) is 0 Å². The van der Waals surface area contributed by atoms with Crippen LogP contribution in [-0.2, 0) is 9.59 Å². The molecule has 84 valence electrons. The molecule has 0 aromatic heterocycles. The molecule has 5 heteroatoms. The van der Waals surface area contributed by atoms with Gasteiger partial charge in [-0.15, -0.1) is 0 Å². The van der Waals surface area contributed by atoms with Crippen LogP contribution in [0.15, 0.2) is 24.3 Å². The van der Waals surface area contributed by atoms with Gasteiger partial charge in [0.05, 0.1) is 5.69 Å². The van der Waals surface area contributed by atoms with Crippen LogP contribution in [0.1, 0.15) is 12.8 Å². The molecular weight excluding hydrogens is 213 g/mol. The fraction of sp³-hybridized carbons (Fsp3) is 0.273. The molecule has 1 aromatic carbocycles. The van der Waals surface area contributed by atoms with Gasteiger partial charge >= 0.3 is 5.97 Å². The lowest BCUT2D eigenvalue weighted by molar-refractivity contribution is -0.138. The molecule has 0 radical (unpaired) electrons. The van der Waals surface area contributed by atoms with E-state index in [1.54, 1.807) is 6.07 Å². The molecule has 1 N–H and O–H groups in total. The van der Waals surface area contributed by atoms with Crippen LogP contribution in [0.5, 0.6) is 0 Å². The van der Waals surface area contributed by atoms with Crippen molar-refractivity contribution in [3.8, 4) is 0 Å². The molecule has 1 aromatic rings. The summed E-state index contributed by atoms with van der Waals surface area (Å²) in [6, 6.07) is 4.73. The number of carboxylic acids is 1. The van der Waals surface area contributed by atoms with Gasteiger partial charge in [0.15, 0.2) is 0 Å².